The van der Waals surface area contributed by atoms with Crippen LogP contribution in [0.4, 0.5) is 22.0 Å². The van der Waals surface area contributed by atoms with Crippen LogP contribution in [0.5, 0.6) is 0 Å². The third-order valence-electron chi connectivity index (χ3n) is 3.33. The van der Waals surface area contributed by atoms with Crippen molar-refractivity contribution in [2.45, 2.75) is 13.6 Å². The molecule has 0 atom stereocenters. The van der Waals surface area contributed by atoms with Crippen molar-refractivity contribution in [3.05, 3.63) is 84.4 Å². The molecule has 0 amide bonds. The number of halogens is 5. The summed E-state index contributed by atoms with van der Waals surface area (Å²) in [6, 6.07) is 12.0. The SMILES string of the molecule is C.FC(F)(F)c1cc(-n2cccn2)[n-]n1.Fc1c[c-]c(-c2ccccn2)c(F)c1.[Ir]. The Balaban J connectivity index is 0.000000281. The fourth-order valence-corrected chi connectivity index (χ4v) is 2.09. The summed E-state index contributed by atoms with van der Waals surface area (Å²) in [6.07, 6.45) is 0.0243. The summed E-state index contributed by atoms with van der Waals surface area (Å²) in [5, 5.41) is 10.1. The average molecular weight is 600 g/mol. The Morgan fingerprint density at radius 1 is 1.03 bits per heavy atom. The second kappa shape index (κ2) is 10.7. The standard InChI is InChI=1S/C11H6F2N.C7H4F3N4.CH4.Ir/c12-8-4-5-9(10(13)7-8)11-3-1-2-6-14-11;8-7(9,10)5-4-6(13-12-5)14-3-1-2-11-14;;/h1-4,6-7H;1-4H;1H4;/q2*-1;;. The number of hydrogen-bond donors (Lipinski definition) is 0. The van der Waals surface area contributed by atoms with Crippen LogP contribution in [0.15, 0.2) is 61.1 Å². The van der Waals surface area contributed by atoms with Crippen LogP contribution in [-0.4, -0.2) is 19.9 Å². The number of aromatic nitrogens is 5. The van der Waals surface area contributed by atoms with E-state index in [2.05, 4.69) is 26.3 Å². The molecule has 1 aromatic carbocycles. The van der Waals surface area contributed by atoms with Gasteiger partial charge in [-0.25, -0.2) is 0 Å². The molecule has 161 valence electrons. The van der Waals surface area contributed by atoms with Crippen molar-refractivity contribution in [1.29, 1.82) is 0 Å². The molecule has 0 N–H and O–H groups in total. The zero-order valence-electron chi connectivity index (χ0n) is 14.2. The van der Waals surface area contributed by atoms with Crippen LogP contribution < -0.4 is 5.10 Å². The number of pyridine rings is 1. The van der Waals surface area contributed by atoms with Gasteiger partial charge in [0.05, 0.1) is 0 Å². The molecular formula is C19H14F5IrN5-2. The zero-order valence-corrected chi connectivity index (χ0v) is 16.6. The molecule has 0 saturated heterocycles. The first kappa shape index (κ1) is 25.1. The minimum absolute atomic E-state index is 0. The van der Waals surface area contributed by atoms with E-state index in [-0.39, 0.29) is 38.9 Å². The number of rotatable bonds is 2. The normalized spacial score (nSPS) is 10.3. The third-order valence-corrected chi connectivity index (χ3v) is 3.33. The molecule has 4 aromatic rings. The van der Waals surface area contributed by atoms with Gasteiger partial charge in [0.15, 0.2) is 0 Å². The predicted octanol–water partition coefficient (Wildman–Crippen LogP) is 4.70. The van der Waals surface area contributed by atoms with Gasteiger partial charge in [0.1, 0.15) is 5.69 Å². The fraction of sp³-hybridized carbons (Fsp3) is 0.105. The molecule has 0 spiro atoms. The largest absolute Gasteiger partial charge is 0.433 e. The predicted molar refractivity (Wildman–Crippen MR) is 94.8 cm³/mol. The number of hydrogen-bond acceptors (Lipinski definition) is 3. The second-order valence-corrected chi connectivity index (χ2v) is 5.29. The Morgan fingerprint density at radius 2 is 1.80 bits per heavy atom. The molecule has 4 rings (SSSR count). The molecule has 0 unspecified atom stereocenters. The summed E-state index contributed by atoms with van der Waals surface area (Å²) in [6.45, 7) is 0. The van der Waals surface area contributed by atoms with Crippen LogP contribution in [0, 0.1) is 17.7 Å². The van der Waals surface area contributed by atoms with Crippen molar-refractivity contribution in [2.24, 2.45) is 0 Å². The van der Waals surface area contributed by atoms with Gasteiger partial charge in [0, 0.05) is 44.1 Å². The van der Waals surface area contributed by atoms with E-state index in [0.29, 0.717) is 5.69 Å². The first-order chi connectivity index (χ1) is 13.3. The van der Waals surface area contributed by atoms with Crippen LogP contribution in [0.2, 0.25) is 0 Å². The third kappa shape index (κ3) is 6.30. The quantitative estimate of drug-likeness (QED) is 0.248. The maximum Gasteiger partial charge on any atom is 0.433 e. The van der Waals surface area contributed by atoms with Gasteiger partial charge < -0.3 is 14.8 Å². The summed E-state index contributed by atoms with van der Waals surface area (Å²) >= 11 is 0. The molecule has 11 heteroatoms. The van der Waals surface area contributed by atoms with Crippen LogP contribution in [0.1, 0.15) is 13.1 Å². The summed E-state index contributed by atoms with van der Waals surface area (Å²) in [7, 11) is 0. The molecule has 0 saturated carbocycles. The average Bonchev–Trinajstić information content (AvgIpc) is 3.34. The Kier molecular flexibility index (Phi) is 9.00. The van der Waals surface area contributed by atoms with Crippen molar-refractivity contribution >= 4 is 0 Å². The Hall–Kier alpha value is -2.91. The summed E-state index contributed by atoms with van der Waals surface area (Å²) in [4.78, 5) is 3.95. The molecule has 1 radical (unpaired) electrons. The van der Waals surface area contributed by atoms with Crippen LogP contribution in [-0.2, 0) is 26.3 Å². The van der Waals surface area contributed by atoms with E-state index in [0.717, 1.165) is 18.2 Å². The van der Waals surface area contributed by atoms with Crippen molar-refractivity contribution < 1.29 is 42.1 Å². The molecule has 30 heavy (non-hydrogen) atoms. The maximum atomic E-state index is 13.2. The minimum atomic E-state index is -4.46. The van der Waals surface area contributed by atoms with Gasteiger partial charge in [-0.3, -0.25) is 19.0 Å². The molecule has 0 aliphatic carbocycles. The number of benzene rings is 1. The molecular weight excluding hydrogens is 585 g/mol. The van der Waals surface area contributed by atoms with Crippen LogP contribution in [0.25, 0.3) is 17.1 Å². The van der Waals surface area contributed by atoms with Gasteiger partial charge in [0.25, 0.3) is 0 Å². The Labute approximate surface area is 182 Å². The van der Waals surface area contributed by atoms with Gasteiger partial charge in [-0.05, 0) is 29.7 Å². The van der Waals surface area contributed by atoms with E-state index in [9.17, 15) is 22.0 Å². The minimum Gasteiger partial charge on any atom is -0.356 e. The molecule has 3 heterocycles. The summed E-state index contributed by atoms with van der Waals surface area (Å²) in [5.74, 6) is -1.23. The molecule has 0 aliphatic heterocycles. The Morgan fingerprint density at radius 3 is 2.33 bits per heavy atom. The Bertz CT molecular complexity index is 1030. The molecule has 0 fully saturated rings. The van der Waals surface area contributed by atoms with E-state index in [1.54, 1.807) is 30.5 Å². The molecule has 3 aromatic heterocycles. The van der Waals surface area contributed by atoms with Crippen molar-refractivity contribution in [3.8, 4) is 17.1 Å². The summed E-state index contributed by atoms with van der Waals surface area (Å²) in [5.41, 5.74) is -0.375. The maximum absolute atomic E-state index is 13.2. The topological polar surface area (TPSA) is 57.7 Å². The van der Waals surface area contributed by atoms with E-state index < -0.39 is 23.5 Å². The second-order valence-electron chi connectivity index (χ2n) is 5.29. The van der Waals surface area contributed by atoms with Gasteiger partial charge in [-0.1, -0.05) is 37.4 Å². The van der Waals surface area contributed by atoms with Gasteiger partial charge >= 0.3 is 6.18 Å². The van der Waals surface area contributed by atoms with Gasteiger partial charge in [0.2, 0.25) is 0 Å². The van der Waals surface area contributed by atoms with E-state index in [1.165, 1.54) is 17.1 Å². The molecule has 0 bridgehead atoms. The van der Waals surface area contributed by atoms with Crippen molar-refractivity contribution in [3.63, 3.8) is 0 Å². The first-order valence-corrected chi connectivity index (χ1v) is 7.70. The smallest absolute Gasteiger partial charge is 0.356 e. The van der Waals surface area contributed by atoms with Crippen molar-refractivity contribution in [1.82, 2.24) is 25.0 Å². The monoisotopic (exact) mass is 600 g/mol. The zero-order chi connectivity index (χ0) is 20.1. The van der Waals surface area contributed by atoms with Crippen LogP contribution >= 0.6 is 0 Å². The van der Waals surface area contributed by atoms with Crippen LogP contribution in [0.3, 0.4) is 0 Å². The van der Waals surface area contributed by atoms with Gasteiger partial charge in [-0.2, -0.15) is 13.2 Å². The molecule has 5 nitrogen and oxygen atoms in total. The van der Waals surface area contributed by atoms with E-state index >= 15 is 0 Å². The van der Waals surface area contributed by atoms with E-state index in [1.807, 2.05) is 0 Å². The summed E-state index contributed by atoms with van der Waals surface area (Å²) < 4.78 is 63.3. The number of alkyl halides is 3. The first-order valence-electron chi connectivity index (χ1n) is 7.70. The number of nitrogens with zero attached hydrogens (tertiary/aromatic N) is 5. The van der Waals surface area contributed by atoms with Gasteiger partial charge in [-0.15, -0.1) is 12.1 Å². The van der Waals surface area contributed by atoms with E-state index in [4.69, 9.17) is 0 Å². The molecule has 0 aliphatic rings. The van der Waals surface area contributed by atoms with Crippen molar-refractivity contribution in [2.75, 3.05) is 0 Å². The fourth-order valence-electron chi connectivity index (χ4n) is 2.09.